The lowest BCUT2D eigenvalue weighted by molar-refractivity contribution is -0.157. The van der Waals surface area contributed by atoms with Gasteiger partial charge in [0.2, 0.25) is 11.8 Å². The number of piperazine rings is 2. The molecule has 1 aromatic heterocycles. The van der Waals surface area contributed by atoms with Crippen molar-refractivity contribution in [2.75, 3.05) is 33.2 Å². The molecule has 1 aromatic rings. The first-order chi connectivity index (χ1) is 12.3. The number of carbonyl (C=O) groups is 3. The average Bonchev–Trinajstić information content (AvgIpc) is 3.04. The highest BCUT2D eigenvalue weighted by molar-refractivity contribution is 5.95. The van der Waals surface area contributed by atoms with Crippen LogP contribution in [0.5, 0.6) is 0 Å². The van der Waals surface area contributed by atoms with Gasteiger partial charge in [-0.2, -0.15) is 0 Å². The number of hydrogen-bond acceptors (Lipinski definition) is 5. The van der Waals surface area contributed by atoms with Gasteiger partial charge in [0, 0.05) is 26.2 Å². The molecule has 1 N–H and O–H groups in total. The zero-order chi connectivity index (χ0) is 18.8. The molecule has 0 bridgehead atoms. The Morgan fingerprint density at radius 2 is 2.15 bits per heavy atom. The Hall–Kier alpha value is -2.58. The van der Waals surface area contributed by atoms with Crippen LogP contribution < -0.4 is 5.32 Å². The Morgan fingerprint density at radius 1 is 1.38 bits per heavy atom. The van der Waals surface area contributed by atoms with E-state index < -0.39 is 6.04 Å². The Morgan fingerprint density at radius 3 is 2.88 bits per heavy atom. The largest absolute Gasteiger partial charge is 0.359 e. The fourth-order valence-corrected chi connectivity index (χ4v) is 3.33. The van der Waals surface area contributed by atoms with Gasteiger partial charge in [0.15, 0.2) is 5.76 Å². The molecule has 0 radical (unpaired) electrons. The lowest BCUT2D eigenvalue weighted by Gasteiger charge is -2.45. The summed E-state index contributed by atoms with van der Waals surface area (Å²) >= 11 is 0. The maximum Gasteiger partial charge on any atom is 0.317 e. The quantitative estimate of drug-likeness (QED) is 0.816. The maximum absolute atomic E-state index is 12.4. The van der Waals surface area contributed by atoms with Crippen molar-refractivity contribution in [2.24, 2.45) is 5.92 Å². The minimum absolute atomic E-state index is 0.0727. The molecule has 26 heavy (non-hydrogen) atoms. The molecule has 2 aliphatic rings. The van der Waals surface area contributed by atoms with E-state index in [1.54, 1.807) is 16.8 Å². The van der Waals surface area contributed by atoms with Gasteiger partial charge in [0.1, 0.15) is 6.04 Å². The van der Waals surface area contributed by atoms with Gasteiger partial charge in [0.25, 0.3) is 0 Å². The molecule has 1 atom stereocenters. The minimum Gasteiger partial charge on any atom is -0.359 e. The summed E-state index contributed by atoms with van der Waals surface area (Å²) in [5.74, 6) is 0.871. The molecule has 9 nitrogen and oxygen atoms in total. The molecule has 2 aliphatic heterocycles. The lowest BCUT2D eigenvalue weighted by atomic mass is 10.1. The van der Waals surface area contributed by atoms with Crippen molar-refractivity contribution >= 4 is 17.8 Å². The molecule has 3 rings (SSSR count). The topological polar surface area (TPSA) is 99.0 Å². The number of likely N-dealkylation sites (N-methyl/N-ethyl adjacent to an activating group) is 1. The van der Waals surface area contributed by atoms with Gasteiger partial charge in [-0.05, 0) is 12.3 Å². The Balaban J connectivity index is 1.55. The van der Waals surface area contributed by atoms with Crippen molar-refractivity contribution in [1.82, 2.24) is 25.2 Å². The van der Waals surface area contributed by atoms with E-state index in [2.05, 4.69) is 24.3 Å². The highest BCUT2D eigenvalue weighted by Gasteiger charge is 2.42. The summed E-state index contributed by atoms with van der Waals surface area (Å²) in [4.78, 5) is 41.3. The van der Waals surface area contributed by atoms with E-state index in [1.165, 1.54) is 4.90 Å². The first kappa shape index (κ1) is 18.2. The van der Waals surface area contributed by atoms with E-state index in [4.69, 9.17) is 4.52 Å². The molecular formula is C17H25N5O4. The molecule has 142 valence electrons. The van der Waals surface area contributed by atoms with Crippen molar-refractivity contribution in [3.8, 4) is 0 Å². The fraction of sp³-hybridized carbons (Fsp3) is 0.647. The molecule has 9 heteroatoms. The number of hydrogen-bond donors (Lipinski definition) is 1. The van der Waals surface area contributed by atoms with Gasteiger partial charge < -0.3 is 24.5 Å². The predicted molar refractivity (Wildman–Crippen MR) is 92.0 cm³/mol. The van der Waals surface area contributed by atoms with Crippen LogP contribution in [0.3, 0.4) is 0 Å². The number of fused-ring (bicyclic) bond motifs is 1. The van der Waals surface area contributed by atoms with Crippen LogP contribution in [-0.4, -0.2) is 77.0 Å². The molecule has 2 fully saturated rings. The second-order valence-corrected chi connectivity index (χ2v) is 7.28. The second-order valence-electron chi connectivity index (χ2n) is 7.28. The summed E-state index contributed by atoms with van der Waals surface area (Å²) in [5.41, 5.74) is 0.868. The van der Waals surface area contributed by atoms with E-state index in [9.17, 15) is 14.4 Å². The SMILES string of the molecule is CC(C)Cc1cc(CNC(=O)N2CCN3C(=O)CN(C)C(=O)[C@@H]3C2)on1. The Kier molecular flexibility index (Phi) is 5.15. The van der Waals surface area contributed by atoms with E-state index in [1.807, 2.05) is 6.07 Å². The van der Waals surface area contributed by atoms with Crippen LogP contribution in [0.2, 0.25) is 0 Å². The summed E-state index contributed by atoms with van der Waals surface area (Å²) in [5, 5.41) is 6.79. The number of urea groups is 1. The molecule has 0 unspecified atom stereocenters. The second kappa shape index (κ2) is 7.35. The smallest absolute Gasteiger partial charge is 0.317 e. The van der Waals surface area contributed by atoms with Gasteiger partial charge in [0.05, 0.1) is 25.3 Å². The average molecular weight is 363 g/mol. The molecule has 0 aliphatic carbocycles. The van der Waals surface area contributed by atoms with E-state index in [-0.39, 0.29) is 37.5 Å². The lowest BCUT2D eigenvalue weighted by Crippen LogP contribution is -2.67. The van der Waals surface area contributed by atoms with Gasteiger partial charge in [-0.15, -0.1) is 0 Å². The maximum atomic E-state index is 12.4. The highest BCUT2D eigenvalue weighted by atomic mass is 16.5. The van der Waals surface area contributed by atoms with Crippen molar-refractivity contribution in [2.45, 2.75) is 32.9 Å². The number of aromatic nitrogens is 1. The first-order valence-corrected chi connectivity index (χ1v) is 8.87. The third kappa shape index (κ3) is 3.81. The molecule has 0 aromatic carbocycles. The van der Waals surface area contributed by atoms with Crippen LogP contribution in [0.15, 0.2) is 10.6 Å². The summed E-state index contributed by atoms with van der Waals surface area (Å²) in [6.45, 7) is 5.52. The summed E-state index contributed by atoms with van der Waals surface area (Å²) in [7, 11) is 1.61. The monoisotopic (exact) mass is 363 g/mol. The number of nitrogens with one attached hydrogen (secondary N) is 1. The molecule has 3 heterocycles. The van der Waals surface area contributed by atoms with Crippen molar-refractivity contribution in [3.63, 3.8) is 0 Å². The molecule has 4 amide bonds. The number of amides is 4. The van der Waals surface area contributed by atoms with Crippen molar-refractivity contribution in [1.29, 1.82) is 0 Å². The van der Waals surface area contributed by atoms with Crippen LogP contribution in [0.1, 0.15) is 25.3 Å². The van der Waals surface area contributed by atoms with E-state index in [0.29, 0.717) is 24.8 Å². The van der Waals surface area contributed by atoms with Crippen LogP contribution in [-0.2, 0) is 22.6 Å². The van der Waals surface area contributed by atoms with Gasteiger partial charge in [-0.3, -0.25) is 9.59 Å². The van der Waals surface area contributed by atoms with Crippen molar-refractivity contribution in [3.05, 3.63) is 17.5 Å². The fourth-order valence-electron chi connectivity index (χ4n) is 3.33. The summed E-state index contributed by atoms with van der Waals surface area (Å²) in [6, 6.07) is 0.972. The summed E-state index contributed by atoms with van der Waals surface area (Å²) in [6.07, 6.45) is 0.824. The van der Waals surface area contributed by atoms with Crippen LogP contribution in [0.25, 0.3) is 0 Å². The number of rotatable bonds is 4. The van der Waals surface area contributed by atoms with Crippen LogP contribution in [0, 0.1) is 5.92 Å². The van der Waals surface area contributed by atoms with Crippen LogP contribution in [0.4, 0.5) is 4.79 Å². The molecular weight excluding hydrogens is 338 g/mol. The summed E-state index contributed by atoms with van der Waals surface area (Å²) < 4.78 is 5.24. The highest BCUT2D eigenvalue weighted by Crippen LogP contribution is 2.17. The van der Waals surface area contributed by atoms with Crippen LogP contribution >= 0.6 is 0 Å². The third-order valence-electron chi connectivity index (χ3n) is 4.66. The van der Waals surface area contributed by atoms with Gasteiger partial charge in [-0.25, -0.2) is 4.79 Å². The van der Waals surface area contributed by atoms with Gasteiger partial charge in [-0.1, -0.05) is 19.0 Å². The minimum atomic E-state index is -0.594. The van der Waals surface area contributed by atoms with E-state index in [0.717, 1.165) is 12.1 Å². The Labute approximate surface area is 152 Å². The first-order valence-electron chi connectivity index (χ1n) is 8.87. The van der Waals surface area contributed by atoms with Gasteiger partial charge >= 0.3 is 6.03 Å². The van der Waals surface area contributed by atoms with E-state index >= 15 is 0 Å². The predicted octanol–water partition coefficient (Wildman–Crippen LogP) is 0.0675. The molecule has 0 spiro atoms. The number of carbonyl (C=O) groups excluding carboxylic acids is 3. The van der Waals surface area contributed by atoms with Crippen molar-refractivity contribution < 1.29 is 18.9 Å². The third-order valence-corrected chi connectivity index (χ3v) is 4.66. The standard InChI is InChI=1S/C17H25N5O4/c1-11(2)6-12-7-13(26-19-12)8-18-17(25)21-4-5-22-14(9-21)16(24)20(3)10-15(22)23/h7,11,14H,4-6,8-10H2,1-3H3,(H,18,25)/t14-/m0/s1. The number of nitrogens with zero attached hydrogens (tertiary/aromatic N) is 4. The molecule has 2 saturated heterocycles. The Bertz CT molecular complexity index is 701. The zero-order valence-electron chi connectivity index (χ0n) is 15.4. The molecule has 0 saturated carbocycles. The normalized spacial score (nSPS) is 20.6. The zero-order valence-corrected chi connectivity index (χ0v) is 15.4.